The van der Waals surface area contributed by atoms with E-state index in [-0.39, 0.29) is 17.0 Å². The van der Waals surface area contributed by atoms with E-state index in [0.29, 0.717) is 19.1 Å². The Bertz CT molecular complexity index is 533. The summed E-state index contributed by atoms with van der Waals surface area (Å²) in [6.07, 6.45) is 4.40. The molecule has 1 saturated heterocycles. The van der Waals surface area contributed by atoms with Crippen molar-refractivity contribution in [3.05, 3.63) is 33.7 Å². The van der Waals surface area contributed by atoms with Crippen LogP contribution in [0.3, 0.4) is 0 Å². The van der Waals surface area contributed by atoms with Gasteiger partial charge in [-0.25, -0.2) is 0 Å². The van der Waals surface area contributed by atoms with Gasteiger partial charge < -0.3 is 15.2 Å². The Balaban J connectivity index is 2.12. The number of aromatic amines is 1. The van der Waals surface area contributed by atoms with Crippen molar-refractivity contribution in [3.63, 3.8) is 0 Å². The van der Waals surface area contributed by atoms with E-state index in [0.717, 1.165) is 25.1 Å². The lowest BCUT2D eigenvalue weighted by molar-refractivity contribution is 0.0730. The largest absolute Gasteiger partial charge is 0.337 e. The zero-order chi connectivity index (χ0) is 15.2. The first kappa shape index (κ1) is 15.8. The third-order valence-electron chi connectivity index (χ3n) is 3.92. The predicted octanol–water partition coefficient (Wildman–Crippen LogP) is 1.68. The fourth-order valence-corrected chi connectivity index (χ4v) is 2.80. The van der Waals surface area contributed by atoms with Gasteiger partial charge in [0.15, 0.2) is 0 Å². The molecule has 0 spiro atoms. The zero-order valence-electron chi connectivity index (χ0n) is 12.9. The number of rotatable bonds is 5. The number of hydrogen-bond acceptors (Lipinski definition) is 3. The van der Waals surface area contributed by atoms with Gasteiger partial charge in [-0.15, -0.1) is 0 Å². The maximum Gasteiger partial charge on any atom is 0.260 e. The summed E-state index contributed by atoms with van der Waals surface area (Å²) in [6, 6.07) is 3.75. The maximum absolute atomic E-state index is 12.6. The fraction of sp³-hybridized carbons (Fsp3) is 0.625. The van der Waals surface area contributed by atoms with Gasteiger partial charge in [0.05, 0.1) is 0 Å². The summed E-state index contributed by atoms with van der Waals surface area (Å²) in [5.41, 5.74) is 0.718. The van der Waals surface area contributed by atoms with Crippen LogP contribution in [-0.2, 0) is 0 Å². The van der Waals surface area contributed by atoms with Crippen molar-refractivity contribution in [2.75, 3.05) is 19.6 Å². The number of hydrogen-bond donors (Lipinski definition) is 2. The number of H-pyrrole nitrogens is 1. The normalized spacial score (nSPS) is 18.5. The average Bonchev–Trinajstić information content (AvgIpc) is 2.47. The molecule has 5 heteroatoms. The van der Waals surface area contributed by atoms with Gasteiger partial charge in [0.2, 0.25) is 0 Å². The maximum atomic E-state index is 12.6. The van der Waals surface area contributed by atoms with Crippen LogP contribution in [0.4, 0.5) is 0 Å². The third-order valence-corrected chi connectivity index (χ3v) is 3.92. The smallest absolute Gasteiger partial charge is 0.260 e. The van der Waals surface area contributed by atoms with Crippen LogP contribution >= 0.6 is 0 Å². The van der Waals surface area contributed by atoms with Gasteiger partial charge in [-0.2, -0.15) is 0 Å². The highest BCUT2D eigenvalue weighted by atomic mass is 16.2. The molecular formula is C16H25N3O2. The fourth-order valence-electron chi connectivity index (χ4n) is 2.80. The molecule has 0 aliphatic carbocycles. The molecule has 1 aliphatic rings. The molecule has 1 aliphatic heterocycles. The van der Waals surface area contributed by atoms with Gasteiger partial charge >= 0.3 is 0 Å². The standard InChI is InChI=1S/C16H25N3O2/c1-3-10-19(11-13-6-4-5-9-17-13)16(21)14-8-7-12(2)18-15(14)20/h7-8,13,17H,3-6,9-11H2,1-2H3,(H,18,20). The summed E-state index contributed by atoms with van der Waals surface area (Å²) in [4.78, 5) is 29.1. The minimum Gasteiger partial charge on any atom is -0.337 e. The van der Waals surface area contributed by atoms with Crippen molar-refractivity contribution in [1.29, 1.82) is 0 Å². The number of nitrogens with zero attached hydrogens (tertiary/aromatic N) is 1. The molecule has 1 unspecified atom stereocenters. The number of pyridine rings is 1. The lowest BCUT2D eigenvalue weighted by atomic mass is 10.0. The Morgan fingerprint density at radius 2 is 2.19 bits per heavy atom. The molecule has 2 rings (SSSR count). The molecule has 116 valence electrons. The van der Waals surface area contributed by atoms with E-state index in [1.807, 2.05) is 18.7 Å². The van der Waals surface area contributed by atoms with Gasteiger partial charge in [0.25, 0.3) is 11.5 Å². The first-order valence-corrected chi connectivity index (χ1v) is 7.84. The zero-order valence-corrected chi connectivity index (χ0v) is 12.9. The van der Waals surface area contributed by atoms with Crippen LogP contribution in [0.2, 0.25) is 0 Å². The quantitative estimate of drug-likeness (QED) is 0.867. The Hall–Kier alpha value is -1.62. The molecule has 0 aromatic carbocycles. The van der Waals surface area contributed by atoms with Crippen LogP contribution in [-0.4, -0.2) is 41.5 Å². The summed E-state index contributed by atoms with van der Waals surface area (Å²) in [5.74, 6) is -0.162. The summed E-state index contributed by atoms with van der Waals surface area (Å²) in [7, 11) is 0. The van der Waals surface area contributed by atoms with Gasteiger partial charge in [-0.05, 0) is 44.9 Å². The number of aryl methyl sites for hydroxylation is 1. The Labute approximate surface area is 125 Å². The van der Waals surface area contributed by atoms with E-state index in [1.54, 1.807) is 12.1 Å². The SMILES string of the molecule is CCCN(CC1CCCCN1)C(=O)c1ccc(C)[nH]c1=O. The second kappa shape index (κ2) is 7.41. The predicted molar refractivity (Wildman–Crippen MR) is 83.6 cm³/mol. The van der Waals surface area contributed by atoms with Crippen LogP contribution in [0.5, 0.6) is 0 Å². The van der Waals surface area contributed by atoms with Crippen molar-refractivity contribution < 1.29 is 4.79 Å². The van der Waals surface area contributed by atoms with Crippen molar-refractivity contribution >= 4 is 5.91 Å². The molecule has 1 amide bonds. The second-order valence-electron chi connectivity index (χ2n) is 5.78. The first-order valence-electron chi connectivity index (χ1n) is 7.84. The highest BCUT2D eigenvalue weighted by Crippen LogP contribution is 2.10. The summed E-state index contributed by atoms with van der Waals surface area (Å²) < 4.78 is 0. The van der Waals surface area contributed by atoms with E-state index in [4.69, 9.17) is 0 Å². The van der Waals surface area contributed by atoms with Crippen molar-refractivity contribution in [3.8, 4) is 0 Å². The van der Waals surface area contributed by atoms with E-state index >= 15 is 0 Å². The average molecular weight is 291 g/mol. The van der Waals surface area contributed by atoms with Crippen LogP contribution in [0, 0.1) is 6.92 Å². The van der Waals surface area contributed by atoms with Crippen LogP contribution in [0.1, 0.15) is 48.7 Å². The molecule has 2 heterocycles. The van der Waals surface area contributed by atoms with Gasteiger partial charge in [0.1, 0.15) is 5.56 Å². The Morgan fingerprint density at radius 1 is 1.38 bits per heavy atom. The topological polar surface area (TPSA) is 65.2 Å². The van der Waals surface area contributed by atoms with Crippen LogP contribution < -0.4 is 10.9 Å². The lowest BCUT2D eigenvalue weighted by Crippen LogP contribution is -2.46. The van der Waals surface area contributed by atoms with Crippen LogP contribution in [0.25, 0.3) is 0 Å². The van der Waals surface area contributed by atoms with Crippen molar-refractivity contribution in [2.24, 2.45) is 0 Å². The number of piperidine rings is 1. The number of nitrogens with one attached hydrogen (secondary N) is 2. The number of aromatic nitrogens is 1. The molecule has 1 aromatic heterocycles. The highest BCUT2D eigenvalue weighted by molar-refractivity contribution is 5.93. The van der Waals surface area contributed by atoms with E-state index < -0.39 is 0 Å². The third kappa shape index (κ3) is 4.17. The minimum absolute atomic E-state index is 0.162. The van der Waals surface area contributed by atoms with Crippen LogP contribution in [0.15, 0.2) is 16.9 Å². The molecular weight excluding hydrogens is 266 g/mol. The molecule has 21 heavy (non-hydrogen) atoms. The van der Waals surface area contributed by atoms with Crippen molar-refractivity contribution in [2.45, 2.75) is 45.6 Å². The lowest BCUT2D eigenvalue weighted by Gasteiger charge is -2.30. The molecule has 0 saturated carbocycles. The summed E-state index contributed by atoms with van der Waals surface area (Å²) >= 11 is 0. The molecule has 2 N–H and O–H groups in total. The summed E-state index contributed by atoms with van der Waals surface area (Å²) in [5, 5.41) is 3.46. The number of amides is 1. The molecule has 0 bridgehead atoms. The number of carbonyl (C=O) groups is 1. The van der Waals surface area contributed by atoms with E-state index in [2.05, 4.69) is 10.3 Å². The first-order chi connectivity index (χ1) is 10.1. The van der Waals surface area contributed by atoms with Crippen molar-refractivity contribution in [1.82, 2.24) is 15.2 Å². The molecule has 1 aromatic rings. The molecule has 0 radical (unpaired) electrons. The Kier molecular flexibility index (Phi) is 5.56. The van der Waals surface area contributed by atoms with E-state index in [9.17, 15) is 9.59 Å². The van der Waals surface area contributed by atoms with Gasteiger partial charge in [-0.1, -0.05) is 13.3 Å². The van der Waals surface area contributed by atoms with Gasteiger partial charge in [-0.3, -0.25) is 9.59 Å². The van der Waals surface area contributed by atoms with E-state index in [1.165, 1.54) is 12.8 Å². The molecule has 1 fully saturated rings. The number of carbonyl (C=O) groups excluding carboxylic acids is 1. The summed E-state index contributed by atoms with van der Waals surface area (Å²) in [6.45, 7) is 6.24. The minimum atomic E-state index is -0.294. The van der Waals surface area contributed by atoms with Gasteiger partial charge in [0, 0.05) is 24.8 Å². The Morgan fingerprint density at radius 3 is 2.81 bits per heavy atom. The molecule has 5 nitrogen and oxygen atoms in total. The second-order valence-corrected chi connectivity index (χ2v) is 5.78. The molecule has 1 atom stereocenters. The monoisotopic (exact) mass is 291 g/mol. The highest BCUT2D eigenvalue weighted by Gasteiger charge is 2.22.